The minimum absolute atomic E-state index is 0.250. The maximum Gasteiger partial charge on any atom is 0.290 e. The Hall–Kier alpha value is -1.78. The second kappa shape index (κ2) is 6.90. The Morgan fingerprint density at radius 3 is 2.31 bits per heavy atom. The molecule has 1 heterocycles. The Bertz CT molecular complexity index is 229. The number of hydrogen-bond acceptors (Lipinski definition) is 4. The van der Waals surface area contributed by atoms with E-state index in [0.29, 0.717) is 11.5 Å². The SMILES string of the molecule is COc1ccncc1OC.O=CO. The monoisotopic (exact) mass is 185 g/mol. The lowest BCUT2D eigenvalue weighted by molar-refractivity contribution is -0.122. The molecule has 1 aromatic heterocycles. The van der Waals surface area contributed by atoms with Crippen LogP contribution in [0.1, 0.15) is 0 Å². The number of hydrogen-bond donors (Lipinski definition) is 1. The van der Waals surface area contributed by atoms with Crippen molar-refractivity contribution in [2.45, 2.75) is 0 Å². The summed E-state index contributed by atoms with van der Waals surface area (Å²) < 4.78 is 9.92. The van der Waals surface area contributed by atoms with Crippen molar-refractivity contribution in [2.24, 2.45) is 0 Å². The zero-order valence-electron chi connectivity index (χ0n) is 7.43. The van der Waals surface area contributed by atoms with Crippen LogP contribution in [0.25, 0.3) is 0 Å². The smallest absolute Gasteiger partial charge is 0.290 e. The fraction of sp³-hybridized carbons (Fsp3) is 0.250. The summed E-state index contributed by atoms with van der Waals surface area (Å²) in [5.41, 5.74) is 0. The molecule has 0 spiro atoms. The van der Waals surface area contributed by atoms with Gasteiger partial charge in [0, 0.05) is 12.3 Å². The molecule has 1 aromatic rings. The first-order chi connectivity index (χ1) is 6.29. The first kappa shape index (κ1) is 11.2. The zero-order valence-corrected chi connectivity index (χ0v) is 7.43. The number of carbonyl (C=O) groups is 1. The van der Waals surface area contributed by atoms with Gasteiger partial charge in [-0.25, -0.2) is 0 Å². The molecule has 0 atom stereocenters. The Morgan fingerprint density at radius 1 is 1.38 bits per heavy atom. The van der Waals surface area contributed by atoms with E-state index in [1.807, 2.05) is 0 Å². The molecule has 0 fully saturated rings. The molecule has 72 valence electrons. The maximum absolute atomic E-state index is 8.36. The number of aromatic nitrogens is 1. The molecule has 5 nitrogen and oxygen atoms in total. The molecule has 0 aromatic carbocycles. The van der Waals surface area contributed by atoms with E-state index in [1.54, 1.807) is 32.7 Å². The van der Waals surface area contributed by atoms with E-state index < -0.39 is 0 Å². The summed E-state index contributed by atoms with van der Waals surface area (Å²) in [5.74, 6) is 1.36. The fourth-order valence-corrected chi connectivity index (χ4v) is 0.689. The van der Waals surface area contributed by atoms with Gasteiger partial charge in [-0.2, -0.15) is 0 Å². The van der Waals surface area contributed by atoms with Gasteiger partial charge in [-0.15, -0.1) is 0 Å². The Morgan fingerprint density at radius 2 is 1.92 bits per heavy atom. The summed E-state index contributed by atoms with van der Waals surface area (Å²) in [6.45, 7) is -0.250. The van der Waals surface area contributed by atoms with Crippen molar-refractivity contribution < 1.29 is 19.4 Å². The molecule has 0 bridgehead atoms. The molecule has 0 aliphatic carbocycles. The Labute approximate surface area is 75.9 Å². The highest BCUT2D eigenvalue weighted by Crippen LogP contribution is 2.23. The van der Waals surface area contributed by atoms with Crippen molar-refractivity contribution in [3.05, 3.63) is 18.5 Å². The largest absolute Gasteiger partial charge is 0.493 e. The Balaban J connectivity index is 0.000000424. The fourth-order valence-electron chi connectivity index (χ4n) is 0.689. The quantitative estimate of drug-likeness (QED) is 0.690. The molecule has 5 heteroatoms. The van der Waals surface area contributed by atoms with Crippen LogP contribution in [0.5, 0.6) is 11.5 Å². The first-order valence-corrected chi connectivity index (χ1v) is 3.40. The van der Waals surface area contributed by atoms with Crippen molar-refractivity contribution in [3.8, 4) is 11.5 Å². The van der Waals surface area contributed by atoms with Gasteiger partial charge in [0.15, 0.2) is 11.5 Å². The van der Waals surface area contributed by atoms with Crippen LogP contribution in [-0.4, -0.2) is 30.8 Å². The standard InChI is InChI=1S/C7H9NO2.CH2O2/c1-9-6-3-4-8-5-7(6)10-2;2-1-3/h3-5H,1-2H3;1H,(H,2,3). The molecule has 1 rings (SSSR count). The van der Waals surface area contributed by atoms with Crippen molar-refractivity contribution in [1.29, 1.82) is 0 Å². The number of carboxylic acid groups (broad SMARTS) is 1. The summed E-state index contributed by atoms with van der Waals surface area (Å²) >= 11 is 0. The summed E-state index contributed by atoms with van der Waals surface area (Å²) in [4.78, 5) is 12.2. The highest BCUT2D eigenvalue weighted by molar-refractivity contribution is 5.35. The van der Waals surface area contributed by atoms with Crippen LogP contribution in [0.2, 0.25) is 0 Å². The molecular formula is C8H11NO4. The van der Waals surface area contributed by atoms with Gasteiger partial charge in [-0.3, -0.25) is 9.78 Å². The van der Waals surface area contributed by atoms with E-state index in [-0.39, 0.29) is 6.47 Å². The van der Waals surface area contributed by atoms with Crippen LogP contribution in [-0.2, 0) is 4.79 Å². The summed E-state index contributed by atoms with van der Waals surface area (Å²) in [5, 5.41) is 6.89. The molecule has 0 radical (unpaired) electrons. The number of pyridine rings is 1. The van der Waals surface area contributed by atoms with Gasteiger partial charge in [0.1, 0.15) is 0 Å². The minimum atomic E-state index is -0.250. The topological polar surface area (TPSA) is 68.7 Å². The third-order valence-electron chi connectivity index (χ3n) is 1.19. The Kier molecular flexibility index (Phi) is 5.96. The molecule has 0 saturated heterocycles. The molecule has 0 saturated carbocycles. The molecule has 0 amide bonds. The number of rotatable bonds is 2. The highest BCUT2D eigenvalue weighted by atomic mass is 16.5. The lowest BCUT2D eigenvalue weighted by atomic mass is 10.4. The van der Waals surface area contributed by atoms with Gasteiger partial charge in [0.2, 0.25) is 0 Å². The van der Waals surface area contributed by atoms with Crippen molar-refractivity contribution in [3.63, 3.8) is 0 Å². The lowest BCUT2D eigenvalue weighted by Crippen LogP contribution is -1.89. The summed E-state index contributed by atoms with van der Waals surface area (Å²) in [6, 6.07) is 1.75. The van der Waals surface area contributed by atoms with Crippen LogP contribution in [0.4, 0.5) is 0 Å². The van der Waals surface area contributed by atoms with Crippen LogP contribution in [0.3, 0.4) is 0 Å². The average Bonchev–Trinajstić information content (AvgIpc) is 2.19. The van der Waals surface area contributed by atoms with Crippen molar-refractivity contribution >= 4 is 6.47 Å². The van der Waals surface area contributed by atoms with Crippen molar-refractivity contribution in [2.75, 3.05) is 14.2 Å². The third-order valence-corrected chi connectivity index (χ3v) is 1.19. The summed E-state index contributed by atoms with van der Waals surface area (Å²) in [6.07, 6.45) is 3.26. The van der Waals surface area contributed by atoms with Crippen LogP contribution in [0.15, 0.2) is 18.5 Å². The zero-order chi connectivity index (χ0) is 10.1. The maximum atomic E-state index is 8.36. The first-order valence-electron chi connectivity index (χ1n) is 3.40. The minimum Gasteiger partial charge on any atom is -0.493 e. The predicted molar refractivity (Wildman–Crippen MR) is 46.0 cm³/mol. The molecule has 0 unspecified atom stereocenters. The van der Waals surface area contributed by atoms with Gasteiger partial charge < -0.3 is 14.6 Å². The lowest BCUT2D eigenvalue weighted by Gasteiger charge is -2.03. The van der Waals surface area contributed by atoms with E-state index >= 15 is 0 Å². The van der Waals surface area contributed by atoms with E-state index in [2.05, 4.69) is 4.98 Å². The van der Waals surface area contributed by atoms with Crippen LogP contribution in [0, 0.1) is 0 Å². The molecular weight excluding hydrogens is 174 g/mol. The van der Waals surface area contributed by atoms with E-state index in [0.717, 1.165) is 0 Å². The van der Waals surface area contributed by atoms with Crippen LogP contribution >= 0.6 is 0 Å². The molecule has 13 heavy (non-hydrogen) atoms. The third kappa shape index (κ3) is 3.95. The highest BCUT2D eigenvalue weighted by Gasteiger charge is 1.98. The average molecular weight is 185 g/mol. The van der Waals surface area contributed by atoms with E-state index in [9.17, 15) is 0 Å². The van der Waals surface area contributed by atoms with Gasteiger partial charge in [-0.05, 0) is 0 Å². The van der Waals surface area contributed by atoms with Crippen LogP contribution < -0.4 is 9.47 Å². The summed E-state index contributed by atoms with van der Waals surface area (Å²) in [7, 11) is 3.18. The molecule has 1 N–H and O–H groups in total. The second-order valence-electron chi connectivity index (χ2n) is 1.84. The van der Waals surface area contributed by atoms with Crippen molar-refractivity contribution in [1.82, 2.24) is 4.98 Å². The number of nitrogens with zero attached hydrogens (tertiary/aromatic N) is 1. The van der Waals surface area contributed by atoms with Gasteiger partial charge in [0.25, 0.3) is 6.47 Å². The normalized spacial score (nSPS) is 7.85. The second-order valence-corrected chi connectivity index (χ2v) is 1.84. The van der Waals surface area contributed by atoms with E-state index in [1.165, 1.54) is 0 Å². The molecule has 0 aliphatic rings. The van der Waals surface area contributed by atoms with Gasteiger partial charge >= 0.3 is 0 Å². The number of ether oxygens (including phenoxy) is 2. The molecule has 0 aliphatic heterocycles. The number of methoxy groups -OCH3 is 2. The predicted octanol–water partition coefficient (Wildman–Crippen LogP) is 0.800. The van der Waals surface area contributed by atoms with Gasteiger partial charge in [-0.1, -0.05) is 0 Å². The van der Waals surface area contributed by atoms with Gasteiger partial charge in [0.05, 0.1) is 20.4 Å². The van der Waals surface area contributed by atoms with E-state index in [4.69, 9.17) is 19.4 Å².